The zero-order chi connectivity index (χ0) is 22.7. The van der Waals surface area contributed by atoms with E-state index in [0.29, 0.717) is 38.8 Å². The SMILES string of the molecule is CC(CC(C(=O)N1CCCC1=O)(c1ccccc1)c1ccccc1)N1CC[C@H](N)[C@@H](O)C1. The molecule has 3 atom stereocenters. The third-order valence-corrected chi connectivity index (χ3v) is 7.11. The van der Waals surface area contributed by atoms with Crippen LogP contribution in [0.15, 0.2) is 60.7 Å². The van der Waals surface area contributed by atoms with Gasteiger partial charge in [-0.25, -0.2) is 0 Å². The summed E-state index contributed by atoms with van der Waals surface area (Å²) >= 11 is 0. The summed E-state index contributed by atoms with van der Waals surface area (Å²) in [4.78, 5) is 30.5. The van der Waals surface area contributed by atoms with Gasteiger partial charge in [-0.05, 0) is 37.3 Å². The summed E-state index contributed by atoms with van der Waals surface area (Å²) in [6.45, 7) is 3.82. The molecule has 2 aliphatic heterocycles. The van der Waals surface area contributed by atoms with Gasteiger partial charge in [0, 0.05) is 38.1 Å². The molecule has 170 valence electrons. The molecule has 0 bridgehead atoms. The van der Waals surface area contributed by atoms with E-state index >= 15 is 0 Å². The molecule has 2 amide bonds. The van der Waals surface area contributed by atoms with Crippen molar-refractivity contribution in [3.8, 4) is 0 Å². The highest BCUT2D eigenvalue weighted by Gasteiger charge is 2.48. The molecule has 1 unspecified atom stereocenters. The molecule has 4 rings (SSSR count). The molecule has 6 nitrogen and oxygen atoms in total. The monoisotopic (exact) mass is 435 g/mol. The number of nitrogens with zero attached hydrogens (tertiary/aromatic N) is 2. The van der Waals surface area contributed by atoms with Crippen molar-refractivity contribution in [3.63, 3.8) is 0 Å². The normalized spacial score (nSPS) is 23.3. The van der Waals surface area contributed by atoms with Gasteiger partial charge in [0.15, 0.2) is 0 Å². The minimum absolute atomic E-state index is 0.000725. The number of carbonyl (C=O) groups excluding carboxylic acids is 2. The number of hydrogen-bond donors (Lipinski definition) is 2. The Morgan fingerprint density at radius 2 is 1.69 bits per heavy atom. The van der Waals surface area contributed by atoms with Crippen LogP contribution in [0.25, 0.3) is 0 Å². The molecule has 2 aliphatic rings. The molecule has 3 N–H and O–H groups in total. The predicted molar refractivity (Wildman–Crippen MR) is 124 cm³/mol. The number of likely N-dealkylation sites (tertiary alicyclic amines) is 2. The summed E-state index contributed by atoms with van der Waals surface area (Å²) in [5.74, 6) is -0.253. The van der Waals surface area contributed by atoms with Crippen LogP contribution in [0.4, 0.5) is 0 Å². The Labute approximate surface area is 190 Å². The molecule has 0 saturated carbocycles. The summed E-state index contributed by atoms with van der Waals surface area (Å²) in [7, 11) is 0. The fourth-order valence-electron chi connectivity index (χ4n) is 5.22. The highest BCUT2D eigenvalue weighted by Crippen LogP contribution is 2.41. The van der Waals surface area contributed by atoms with Crippen molar-refractivity contribution in [1.29, 1.82) is 0 Å². The van der Waals surface area contributed by atoms with E-state index in [1.54, 1.807) is 0 Å². The van der Waals surface area contributed by atoms with Crippen LogP contribution in [0.2, 0.25) is 0 Å². The molecule has 32 heavy (non-hydrogen) atoms. The Morgan fingerprint density at radius 1 is 1.09 bits per heavy atom. The fourth-order valence-corrected chi connectivity index (χ4v) is 5.22. The average Bonchev–Trinajstić information content (AvgIpc) is 3.25. The molecule has 2 heterocycles. The predicted octanol–water partition coefficient (Wildman–Crippen LogP) is 2.29. The number of piperidine rings is 1. The first-order valence-electron chi connectivity index (χ1n) is 11.6. The first-order chi connectivity index (χ1) is 15.4. The lowest BCUT2D eigenvalue weighted by Crippen LogP contribution is -2.56. The third-order valence-electron chi connectivity index (χ3n) is 7.11. The smallest absolute Gasteiger partial charge is 0.244 e. The average molecular weight is 436 g/mol. The van der Waals surface area contributed by atoms with Gasteiger partial charge in [-0.3, -0.25) is 19.4 Å². The molecular weight excluding hydrogens is 402 g/mol. The highest BCUT2D eigenvalue weighted by atomic mass is 16.3. The summed E-state index contributed by atoms with van der Waals surface area (Å²) in [5.41, 5.74) is 6.80. The Kier molecular flexibility index (Phi) is 6.74. The topological polar surface area (TPSA) is 86.9 Å². The van der Waals surface area contributed by atoms with Gasteiger partial charge in [-0.15, -0.1) is 0 Å². The van der Waals surface area contributed by atoms with E-state index in [1.807, 2.05) is 60.7 Å². The maximum absolute atomic E-state index is 14.2. The summed E-state index contributed by atoms with van der Waals surface area (Å²) in [6, 6.07) is 19.4. The zero-order valence-corrected chi connectivity index (χ0v) is 18.7. The molecule has 2 saturated heterocycles. The third kappa shape index (κ3) is 4.22. The number of amides is 2. The molecule has 0 radical (unpaired) electrons. The van der Waals surface area contributed by atoms with Gasteiger partial charge in [0.05, 0.1) is 6.10 Å². The number of aliphatic hydroxyl groups excluding tert-OH is 1. The van der Waals surface area contributed by atoms with Crippen molar-refractivity contribution in [2.45, 2.75) is 56.2 Å². The summed E-state index contributed by atoms with van der Waals surface area (Å²) in [6.07, 6.45) is 1.76. The maximum Gasteiger partial charge on any atom is 0.244 e. The van der Waals surface area contributed by atoms with Crippen molar-refractivity contribution >= 4 is 11.8 Å². The van der Waals surface area contributed by atoms with Gasteiger partial charge in [0.2, 0.25) is 11.8 Å². The standard InChI is InChI=1S/C26H33N3O3/c1-19(28-16-14-22(27)23(30)18-28)17-26(20-9-4-2-5-10-20,21-11-6-3-7-12-21)25(32)29-15-8-13-24(29)31/h2-7,9-12,19,22-23,30H,8,13-18,27H2,1H3/t19?,22-,23-/m0/s1. The van der Waals surface area contributed by atoms with Crippen LogP contribution in [-0.4, -0.2) is 64.5 Å². The van der Waals surface area contributed by atoms with E-state index in [9.17, 15) is 14.7 Å². The number of benzene rings is 2. The largest absolute Gasteiger partial charge is 0.390 e. The number of imide groups is 1. The van der Waals surface area contributed by atoms with Crippen LogP contribution in [0.5, 0.6) is 0 Å². The second-order valence-corrected chi connectivity index (χ2v) is 9.16. The summed E-state index contributed by atoms with van der Waals surface area (Å²) < 4.78 is 0. The quantitative estimate of drug-likeness (QED) is 0.727. The van der Waals surface area contributed by atoms with Gasteiger partial charge >= 0.3 is 0 Å². The minimum atomic E-state index is -0.994. The maximum atomic E-state index is 14.2. The van der Waals surface area contributed by atoms with Crippen LogP contribution in [0, 0.1) is 0 Å². The van der Waals surface area contributed by atoms with E-state index in [-0.39, 0.29) is 23.9 Å². The highest BCUT2D eigenvalue weighted by molar-refractivity contribution is 6.03. The molecule has 2 aromatic rings. The van der Waals surface area contributed by atoms with Crippen LogP contribution >= 0.6 is 0 Å². The van der Waals surface area contributed by atoms with Crippen LogP contribution in [0.3, 0.4) is 0 Å². The lowest BCUT2D eigenvalue weighted by atomic mass is 9.69. The van der Waals surface area contributed by atoms with Crippen molar-refractivity contribution in [2.24, 2.45) is 5.73 Å². The zero-order valence-electron chi connectivity index (χ0n) is 18.7. The summed E-state index contributed by atoms with van der Waals surface area (Å²) in [5, 5.41) is 10.4. The molecular formula is C26H33N3O3. The van der Waals surface area contributed by atoms with Gasteiger partial charge in [0.25, 0.3) is 0 Å². The number of rotatable bonds is 6. The molecule has 6 heteroatoms. The molecule has 0 spiro atoms. The fraction of sp³-hybridized carbons (Fsp3) is 0.462. The van der Waals surface area contributed by atoms with Crippen molar-refractivity contribution in [3.05, 3.63) is 71.8 Å². The molecule has 0 aliphatic carbocycles. The Balaban J connectivity index is 1.79. The van der Waals surface area contributed by atoms with Crippen molar-refractivity contribution in [1.82, 2.24) is 9.80 Å². The van der Waals surface area contributed by atoms with Gasteiger partial charge in [0.1, 0.15) is 5.41 Å². The van der Waals surface area contributed by atoms with E-state index < -0.39 is 11.5 Å². The number of nitrogens with two attached hydrogens (primary N) is 1. The number of β-amino-alcohol motifs (C(OH)–C–C–N with tert-alkyl or cyclic N) is 1. The van der Waals surface area contributed by atoms with Crippen LogP contribution < -0.4 is 5.73 Å². The van der Waals surface area contributed by atoms with Gasteiger partial charge in [-0.2, -0.15) is 0 Å². The number of hydrogen-bond acceptors (Lipinski definition) is 5. The second kappa shape index (κ2) is 9.53. The van der Waals surface area contributed by atoms with Gasteiger partial charge < -0.3 is 10.8 Å². The minimum Gasteiger partial charge on any atom is -0.390 e. The van der Waals surface area contributed by atoms with E-state index in [2.05, 4.69) is 11.8 Å². The second-order valence-electron chi connectivity index (χ2n) is 9.16. The Morgan fingerprint density at radius 3 is 2.19 bits per heavy atom. The van der Waals surface area contributed by atoms with Crippen molar-refractivity contribution in [2.75, 3.05) is 19.6 Å². The first-order valence-corrected chi connectivity index (χ1v) is 11.6. The van der Waals surface area contributed by atoms with Crippen molar-refractivity contribution < 1.29 is 14.7 Å². The first kappa shape index (κ1) is 22.6. The number of carbonyl (C=O) groups is 2. The van der Waals surface area contributed by atoms with Crippen LogP contribution in [-0.2, 0) is 15.0 Å². The molecule has 0 aromatic heterocycles. The molecule has 2 fully saturated rings. The Bertz CT molecular complexity index is 894. The lowest BCUT2D eigenvalue weighted by Gasteiger charge is -2.43. The van der Waals surface area contributed by atoms with E-state index in [0.717, 1.165) is 17.7 Å². The number of aliphatic hydroxyl groups is 1. The van der Waals surface area contributed by atoms with Gasteiger partial charge in [-0.1, -0.05) is 60.7 Å². The lowest BCUT2D eigenvalue weighted by molar-refractivity contribution is -0.145. The van der Waals surface area contributed by atoms with E-state index in [1.165, 1.54) is 4.90 Å². The van der Waals surface area contributed by atoms with E-state index in [4.69, 9.17) is 5.73 Å². The molecule has 2 aromatic carbocycles. The van der Waals surface area contributed by atoms with Crippen LogP contribution in [0.1, 0.15) is 43.7 Å². The Hall–Kier alpha value is -2.54.